The van der Waals surface area contributed by atoms with Gasteiger partial charge in [0.15, 0.2) is 0 Å². The average Bonchev–Trinajstić information content (AvgIpc) is 2.39. The third-order valence-corrected chi connectivity index (χ3v) is 2.92. The van der Waals surface area contributed by atoms with Gasteiger partial charge in [0.2, 0.25) is 5.91 Å². The predicted octanol–water partition coefficient (Wildman–Crippen LogP) is 0.960. The van der Waals surface area contributed by atoms with Crippen molar-refractivity contribution in [3.05, 3.63) is 35.4 Å². The highest BCUT2D eigenvalue weighted by Gasteiger charge is 2.16. The SMILES string of the molecule is O=C(CC1COCCN1)NCc1ccc(F)cc1F. The smallest absolute Gasteiger partial charge is 0.221 e. The minimum Gasteiger partial charge on any atom is -0.378 e. The van der Waals surface area contributed by atoms with E-state index in [1.165, 1.54) is 12.1 Å². The van der Waals surface area contributed by atoms with Crippen molar-refractivity contribution in [2.24, 2.45) is 0 Å². The van der Waals surface area contributed by atoms with E-state index < -0.39 is 11.6 Å². The lowest BCUT2D eigenvalue weighted by atomic mass is 10.1. The summed E-state index contributed by atoms with van der Waals surface area (Å²) >= 11 is 0. The highest BCUT2D eigenvalue weighted by atomic mass is 19.1. The van der Waals surface area contributed by atoms with Crippen LogP contribution in [-0.4, -0.2) is 31.7 Å². The zero-order valence-electron chi connectivity index (χ0n) is 10.4. The van der Waals surface area contributed by atoms with Crippen molar-refractivity contribution in [1.82, 2.24) is 10.6 Å². The Morgan fingerprint density at radius 2 is 2.32 bits per heavy atom. The van der Waals surface area contributed by atoms with Crippen LogP contribution in [0.25, 0.3) is 0 Å². The molecule has 19 heavy (non-hydrogen) atoms. The van der Waals surface area contributed by atoms with Crippen LogP contribution in [0.2, 0.25) is 0 Å². The maximum Gasteiger partial charge on any atom is 0.221 e. The zero-order chi connectivity index (χ0) is 13.7. The molecule has 0 saturated carbocycles. The van der Waals surface area contributed by atoms with Crippen LogP contribution in [0.15, 0.2) is 18.2 Å². The second kappa shape index (κ2) is 6.58. The zero-order valence-corrected chi connectivity index (χ0v) is 10.4. The molecule has 4 nitrogen and oxygen atoms in total. The molecule has 1 aromatic carbocycles. The number of halogens is 2. The van der Waals surface area contributed by atoms with Crippen LogP contribution in [0.1, 0.15) is 12.0 Å². The highest BCUT2D eigenvalue weighted by molar-refractivity contribution is 5.76. The molecule has 1 aliphatic rings. The first-order chi connectivity index (χ1) is 9.15. The summed E-state index contributed by atoms with van der Waals surface area (Å²) in [6.07, 6.45) is 0.281. The fraction of sp³-hybridized carbons (Fsp3) is 0.462. The van der Waals surface area contributed by atoms with Crippen molar-refractivity contribution in [3.8, 4) is 0 Å². The first-order valence-corrected chi connectivity index (χ1v) is 6.17. The molecule has 0 spiro atoms. The van der Waals surface area contributed by atoms with Crippen molar-refractivity contribution in [3.63, 3.8) is 0 Å². The molecule has 1 saturated heterocycles. The number of carbonyl (C=O) groups is 1. The minimum absolute atomic E-state index is 0.00758. The molecule has 1 fully saturated rings. The second-order valence-corrected chi connectivity index (χ2v) is 4.44. The molecule has 1 amide bonds. The highest BCUT2D eigenvalue weighted by Crippen LogP contribution is 2.09. The van der Waals surface area contributed by atoms with E-state index in [-0.39, 0.29) is 30.5 Å². The van der Waals surface area contributed by atoms with Gasteiger partial charge >= 0.3 is 0 Å². The Labute approximate surface area is 110 Å². The van der Waals surface area contributed by atoms with E-state index >= 15 is 0 Å². The molecule has 0 bridgehead atoms. The van der Waals surface area contributed by atoms with Crippen LogP contribution < -0.4 is 10.6 Å². The normalized spacial score (nSPS) is 19.2. The number of ether oxygens (including phenoxy) is 1. The number of hydrogen-bond acceptors (Lipinski definition) is 3. The third kappa shape index (κ3) is 4.25. The third-order valence-electron chi connectivity index (χ3n) is 2.92. The van der Waals surface area contributed by atoms with Gasteiger partial charge in [-0.2, -0.15) is 0 Å². The van der Waals surface area contributed by atoms with Crippen LogP contribution in [0.4, 0.5) is 8.78 Å². The molecule has 1 heterocycles. The Morgan fingerprint density at radius 1 is 1.47 bits per heavy atom. The first-order valence-electron chi connectivity index (χ1n) is 6.17. The summed E-state index contributed by atoms with van der Waals surface area (Å²) in [5.41, 5.74) is 0.266. The Kier molecular flexibility index (Phi) is 4.81. The standard InChI is InChI=1S/C13H16F2N2O2/c14-10-2-1-9(12(15)5-10)7-17-13(18)6-11-8-19-4-3-16-11/h1-2,5,11,16H,3-4,6-8H2,(H,17,18). The molecule has 0 aromatic heterocycles. The summed E-state index contributed by atoms with van der Waals surface area (Å²) < 4.78 is 31.3. The van der Waals surface area contributed by atoms with Gasteiger partial charge in [0, 0.05) is 37.2 Å². The van der Waals surface area contributed by atoms with E-state index in [1.54, 1.807) is 0 Å². The van der Waals surface area contributed by atoms with Crippen LogP contribution in [0, 0.1) is 11.6 Å². The molecular weight excluding hydrogens is 254 g/mol. The summed E-state index contributed by atoms with van der Waals surface area (Å²) in [4.78, 5) is 11.7. The van der Waals surface area contributed by atoms with Gasteiger partial charge in [-0.3, -0.25) is 4.79 Å². The predicted molar refractivity (Wildman–Crippen MR) is 65.4 cm³/mol. The van der Waals surface area contributed by atoms with Gasteiger partial charge in [-0.15, -0.1) is 0 Å². The molecule has 0 aliphatic carbocycles. The molecule has 2 N–H and O–H groups in total. The topological polar surface area (TPSA) is 50.4 Å². The molecule has 1 atom stereocenters. The molecule has 0 radical (unpaired) electrons. The van der Waals surface area contributed by atoms with E-state index in [0.717, 1.165) is 12.6 Å². The fourth-order valence-electron chi connectivity index (χ4n) is 1.91. The van der Waals surface area contributed by atoms with E-state index in [0.29, 0.717) is 13.2 Å². The number of rotatable bonds is 4. The van der Waals surface area contributed by atoms with Gasteiger partial charge < -0.3 is 15.4 Å². The minimum atomic E-state index is -0.653. The molecule has 6 heteroatoms. The lowest BCUT2D eigenvalue weighted by Crippen LogP contribution is -2.44. The summed E-state index contributed by atoms with van der Waals surface area (Å²) in [7, 11) is 0. The van der Waals surface area contributed by atoms with Crippen LogP contribution in [0.3, 0.4) is 0 Å². The van der Waals surface area contributed by atoms with E-state index in [9.17, 15) is 13.6 Å². The fourth-order valence-corrected chi connectivity index (χ4v) is 1.91. The molecular formula is C13H16F2N2O2. The van der Waals surface area contributed by atoms with Gasteiger partial charge in [-0.1, -0.05) is 6.07 Å². The molecule has 2 rings (SSSR count). The molecule has 1 aromatic rings. The maximum absolute atomic E-state index is 13.3. The lowest BCUT2D eigenvalue weighted by molar-refractivity contribution is -0.122. The van der Waals surface area contributed by atoms with Crippen molar-refractivity contribution in [2.75, 3.05) is 19.8 Å². The van der Waals surface area contributed by atoms with E-state index in [2.05, 4.69) is 10.6 Å². The molecule has 1 unspecified atom stereocenters. The Balaban J connectivity index is 1.79. The molecule has 1 aliphatic heterocycles. The Hall–Kier alpha value is -1.53. The summed E-state index contributed by atoms with van der Waals surface area (Å²) in [5.74, 6) is -1.47. The average molecular weight is 270 g/mol. The monoisotopic (exact) mass is 270 g/mol. The number of amides is 1. The largest absolute Gasteiger partial charge is 0.378 e. The van der Waals surface area contributed by atoms with Crippen molar-refractivity contribution in [2.45, 2.75) is 19.0 Å². The number of carbonyl (C=O) groups excluding carboxylic acids is 1. The van der Waals surface area contributed by atoms with E-state index in [1.807, 2.05) is 0 Å². The second-order valence-electron chi connectivity index (χ2n) is 4.44. The summed E-state index contributed by atoms with van der Waals surface area (Å²) in [6.45, 7) is 1.93. The van der Waals surface area contributed by atoms with Crippen molar-refractivity contribution in [1.29, 1.82) is 0 Å². The first kappa shape index (κ1) is 13.9. The van der Waals surface area contributed by atoms with Crippen molar-refractivity contribution < 1.29 is 18.3 Å². The Morgan fingerprint density at radius 3 is 3.00 bits per heavy atom. The van der Waals surface area contributed by atoms with Gasteiger partial charge in [-0.05, 0) is 6.07 Å². The summed E-state index contributed by atoms with van der Waals surface area (Å²) in [5, 5.41) is 5.77. The van der Waals surface area contributed by atoms with Crippen LogP contribution in [0.5, 0.6) is 0 Å². The quantitative estimate of drug-likeness (QED) is 0.857. The van der Waals surface area contributed by atoms with Gasteiger partial charge in [0.25, 0.3) is 0 Å². The van der Waals surface area contributed by atoms with E-state index in [4.69, 9.17) is 4.74 Å². The number of hydrogen-bond donors (Lipinski definition) is 2. The molecule has 104 valence electrons. The lowest BCUT2D eigenvalue weighted by Gasteiger charge is -2.23. The van der Waals surface area contributed by atoms with Crippen molar-refractivity contribution >= 4 is 5.91 Å². The van der Waals surface area contributed by atoms with Crippen LogP contribution >= 0.6 is 0 Å². The maximum atomic E-state index is 13.3. The van der Waals surface area contributed by atoms with Gasteiger partial charge in [0.1, 0.15) is 11.6 Å². The van der Waals surface area contributed by atoms with Gasteiger partial charge in [0.05, 0.1) is 13.2 Å². The number of morpholine rings is 1. The Bertz CT molecular complexity index is 448. The van der Waals surface area contributed by atoms with Gasteiger partial charge in [-0.25, -0.2) is 8.78 Å². The van der Waals surface area contributed by atoms with Crippen LogP contribution in [-0.2, 0) is 16.1 Å². The number of benzene rings is 1. The number of nitrogens with one attached hydrogen (secondary N) is 2. The summed E-state index contributed by atoms with van der Waals surface area (Å²) in [6, 6.07) is 3.29.